The lowest BCUT2D eigenvalue weighted by atomic mass is 10.2. The zero-order chi connectivity index (χ0) is 5.21. The van der Waals surface area contributed by atoms with Crippen molar-refractivity contribution in [3.8, 4) is 0 Å². The Balaban J connectivity index is 3.45. The molecule has 0 unspecified atom stereocenters. The number of hydrogen-bond acceptors (Lipinski definition) is 0. The van der Waals surface area contributed by atoms with E-state index in [4.69, 9.17) is 0 Å². The summed E-state index contributed by atoms with van der Waals surface area (Å²) in [5.74, 6) is 0. The van der Waals surface area contributed by atoms with Crippen LogP contribution in [-0.2, 0) is 0 Å². The molecule has 0 atom stereocenters. The van der Waals surface area contributed by atoms with Gasteiger partial charge in [-0.1, -0.05) is 19.9 Å². The Labute approximate surface area is 42.7 Å². The predicted octanol–water partition coefficient (Wildman–Crippen LogP) is 1.54. The monoisotopic (exact) mass is 97.0 g/mol. The summed E-state index contributed by atoms with van der Waals surface area (Å²) in [6.07, 6.45) is 1.85. The fourth-order valence-corrected chi connectivity index (χ4v) is 0. The average molecular weight is 97.2 g/mol. The van der Waals surface area contributed by atoms with Crippen LogP contribution in [0.4, 0.5) is 0 Å². The van der Waals surface area contributed by atoms with E-state index in [1.807, 2.05) is 19.9 Å². The summed E-state index contributed by atoms with van der Waals surface area (Å²) in [6, 6.07) is 0. The van der Waals surface area contributed by atoms with E-state index in [1.165, 1.54) is 0 Å². The highest BCUT2D eigenvalue weighted by atomic mass is 28.1. The van der Waals surface area contributed by atoms with Crippen LogP contribution in [0.2, 0.25) is 5.04 Å². The minimum Gasteiger partial charge on any atom is -0.103 e. The zero-order valence-electron chi connectivity index (χ0n) is 4.28. The molecular formula is C5H9Si. The Morgan fingerprint density at radius 3 is 1.83 bits per heavy atom. The van der Waals surface area contributed by atoms with E-state index in [9.17, 15) is 0 Å². The molecule has 0 spiro atoms. The van der Waals surface area contributed by atoms with Gasteiger partial charge in [0, 0.05) is 10.2 Å². The average Bonchev–Trinajstić information content (AvgIpc) is 1.35. The second kappa shape index (κ2) is 1.60. The smallest absolute Gasteiger partial charge is 0.0362 e. The molecular weight excluding hydrogens is 88.1 g/mol. The van der Waals surface area contributed by atoms with Crippen LogP contribution in [-0.4, -0.2) is 10.2 Å². The van der Waals surface area contributed by atoms with Crippen molar-refractivity contribution in [1.82, 2.24) is 0 Å². The third kappa shape index (κ3) is 3.96. The molecule has 0 aromatic rings. The SMILES string of the molecule is C=CC(C)(C)[Si]. The standard InChI is InChI=1S/C5H9Si/c1-4-5(2,3)6/h4H,1H2,2-3H3. The summed E-state index contributed by atoms with van der Waals surface area (Å²) in [5, 5.41) is 0.111. The lowest BCUT2D eigenvalue weighted by Gasteiger charge is -2.07. The van der Waals surface area contributed by atoms with Crippen molar-refractivity contribution in [1.29, 1.82) is 0 Å². The molecule has 0 fully saturated rings. The van der Waals surface area contributed by atoms with E-state index in [1.54, 1.807) is 0 Å². The van der Waals surface area contributed by atoms with Crippen molar-refractivity contribution < 1.29 is 0 Å². The second-order valence-electron chi connectivity index (χ2n) is 1.93. The highest BCUT2D eigenvalue weighted by Gasteiger charge is 2.00. The maximum absolute atomic E-state index is 3.58. The van der Waals surface area contributed by atoms with Crippen LogP contribution in [0.3, 0.4) is 0 Å². The molecule has 0 bridgehead atoms. The van der Waals surface area contributed by atoms with Gasteiger partial charge in [0.05, 0.1) is 0 Å². The van der Waals surface area contributed by atoms with Crippen LogP contribution in [0.15, 0.2) is 12.7 Å². The quantitative estimate of drug-likeness (QED) is 0.344. The Morgan fingerprint density at radius 2 is 1.83 bits per heavy atom. The van der Waals surface area contributed by atoms with E-state index in [0.717, 1.165) is 0 Å². The third-order valence-corrected chi connectivity index (χ3v) is 0.714. The van der Waals surface area contributed by atoms with Gasteiger partial charge < -0.3 is 0 Å². The number of hydrogen-bond donors (Lipinski definition) is 0. The molecule has 0 aromatic carbocycles. The maximum Gasteiger partial charge on any atom is 0.0362 e. The minimum atomic E-state index is 0.111. The van der Waals surface area contributed by atoms with E-state index < -0.39 is 0 Å². The summed E-state index contributed by atoms with van der Waals surface area (Å²) in [5.41, 5.74) is 0. The minimum absolute atomic E-state index is 0.111. The van der Waals surface area contributed by atoms with Gasteiger partial charge in [0.15, 0.2) is 0 Å². The maximum atomic E-state index is 3.58. The van der Waals surface area contributed by atoms with Gasteiger partial charge in [-0.05, 0) is 5.04 Å². The first-order valence-corrected chi connectivity index (χ1v) is 2.45. The summed E-state index contributed by atoms with van der Waals surface area (Å²) < 4.78 is 0. The van der Waals surface area contributed by atoms with Crippen LogP contribution in [0.1, 0.15) is 13.8 Å². The molecule has 6 heavy (non-hydrogen) atoms. The topological polar surface area (TPSA) is 0 Å². The van der Waals surface area contributed by atoms with E-state index in [-0.39, 0.29) is 5.04 Å². The third-order valence-electron chi connectivity index (χ3n) is 0.510. The van der Waals surface area contributed by atoms with Crippen molar-refractivity contribution >= 4 is 10.2 Å². The van der Waals surface area contributed by atoms with E-state index >= 15 is 0 Å². The molecule has 0 aromatic heterocycles. The Morgan fingerprint density at radius 1 is 1.67 bits per heavy atom. The lowest BCUT2D eigenvalue weighted by molar-refractivity contribution is 0.864. The van der Waals surface area contributed by atoms with Crippen molar-refractivity contribution in [3.63, 3.8) is 0 Å². The van der Waals surface area contributed by atoms with Crippen LogP contribution in [0.25, 0.3) is 0 Å². The van der Waals surface area contributed by atoms with Crippen LogP contribution in [0.5, 0.6) is 0 Å². The molecule has 1 heteroatoms. The van der Waals surface area contributed by atoms with Crippen LogP contribution >= 0.6 is 0 Å². The van der Waals surface area contributed by atoms with Gasteiger partial charge in [0.2, 0.25) is 0 Å². The molecule has 0 aliphatic heterocycles. The highest BCUT2D eigenvalue weighted by Crippen LogP contribution is 2.17. The molecule has 33 valence electrons. The summed E-state index contributed by atoms with van der Waals surface area (Å²) in [7, 11) is 3.41. The lowest BCUT2D eigenvalue weighted by Crippen LogP contribution is -1.93. The fraction of sp³-hybridized carbons (Fsp3) is 0.600. The number of allylic oxidation sites excluding steroid dienone is 1. The van der Waals surface area contributed by atoms with Gasteiger partial charge >= 0.3 is 0 Å². The van der Waals surface area contributed by atoms with Gasteiger partial charge in [-0.15, -0.1) is 6.58 Å². The van der Waals surface area contributed by atoms with Crippen molar-refractivity contribution in [3.05, 3.63) is 12.7 Å². The normalized spacial score (nSPS) is 11.2. The molecule has 0 N–H and O–H groups in total. The van der Waals surface area contributed by atoms with Gasteiger partial charge in [-0.2, -0.15) is 0 Å². The predicted molar refractivity (Wildman–Crippen MR) is 30.0 cm³/mol. The Kier molecular flexibility index (Phi) is 1.59. The molecule has 0 nitrogen and oxygen atoms in total. The molecule has 0 amide bonds. The summed E-state index contributed by atoms with van der Waals surface area (Å²) in [4.78, 5) is 0. The van der Waals surface area contributed by atoms with Gasteiger partial charge in [-0.25, -0.2) is 0 Å². The molecule has 0 aliphatic rings. The number of rotatable bonds is 1. The fourth-order valence-electron chi connectivity index (χ4n) is 0. The first-order valence-electron chi connectivity index (χ1n) is 1.95. The first-order chi connectivity index (χ1) is 2.56. The van der Waals surface area contributed by atoms with Crippen molar-refractivity contribution in [2.24, 2.45) is 0 Å². The van der Waals surface area contributed by atoms with E-state index in [0.29, 0.717) is 0 Å². The van der Waals surface area contributed by atoms with E-state index in [2.05, 4.69) is 16.8 Å². The molecule has 0 rings (SSSR count). The van der Waals surface area contributed by atoms with Crippen molar-refractivity contribution in [2.75, 3.05) is 0 Å². The second-order valence-corrected chi connectivity index (χ2v) is 3.21. The zero-order valence-corrected chi connectivity index (χ0v) is 5.28. The highest BCUT2D eigenvalue weighted by molar-refractivity contribution is 6.15. The van der Waals surface area contributed by atoms with Gasteiger partial charge in [-0.3, -0.25) is 0 Å². The molecule has 0 heterocycles. The molecule has 3 radical (unpaired) electrons. The largest absolute Gasteiger partial charge is 0.103 e. The van der Waals surface area contributed by atoms with Gasteiger partial charge in [0.1, 0.15) is 0 Å². The molecule has 0 aliphatic carbocycles. The molecule has 0 saturated carbocycles. The van der Waals surface area contributed by atoms with Crippen LogP contribution < -0.4 is 0 Å². The van der Waals surface area contributed by atoms with Gasteiger partial charge in [0.25, 0.3) is 0 Å². The summed E-state index contributed by atoms with van der Waals surface area (Å²) in [6.45, 7) is 7.66. The Bertz CT molecular complexity index is 49.4. The Hall–Kier alpha value is -0.0431. The first kappa shape index (κ1) is 5.96. The summed E-state index contributed by atoms with van der Waals surface area (Å²) >= 11 is 0. The van der Waals surface area contributed by atoms with Crippen LogP contribution in [0, 0.1) is 0 Å². The van der Waals surface area contributed by atoms with Crippen molar-refractivity contribution in [2.45, 2.75) is 18.9 Å². The molecule has 0 saturated heterocycles.